The van der Waals surface area contributed by atoms with E-state index < -0.39 is 0 Å². The Hall–Kier alpha value is -2.55. The molecule has 0 spiro atoms. The summed E-state index contributed by atoms with van der Waals surface area (Å²) in [4.78, 5) is 4.32. The van der Waals surface area contributed by atoms with Gasteiger partial charge in [-0.05, 0) is 48.9 Å². The van der Waals surface area contributed by atoms with Gasteiger partial charge in [0.25, 0.3) is 0 Å². The van der Waals surface area contributed by atoms with E-state index in [2.05, 4.69) is 4.98 Å². The Morgan fingerprint density at radius 3 is 2.63 bits per heavy atom. The molecule has 2 N–H and O–H groups in total. The quantitative estimate of drug-likeness (QED) is 0.701. The van der Waals surface area contributed by atoms with Crippen LogP contribution in [0.2, 0.25) is 0 Å². The molecule has 0 fully saturated rings. The number of ether oxygens (including phenoxy) is 1. The molecule has 3 heteroatoms. The van der Waals surface area contributed by atoms with E-state index in [4.69, 9.17) is 10.5 Å². The Balaban J connectivity index is 1.94. The molecule has 0 saturated heterocycles. The monoisotopic (exact) mass is 250 g/mol. The maximum atomic E-state index is 5.83. The van der Waals surface area contributed by atoms with Crippen molar-refractivity contribution in [1.29, 1.82) is 0 Å². The number of pyridine rings is 1. The lowest BCUT2D eigenvalue weighted by Gasteiger charge is -2.08. The fourth-order valence-electron chi connectivity index (χ4n) is 1.96. The Bertz CT molecular complexity index is 738. The fourth-order valence-corrected chi connectivity index (χ4v) is 1.96. The van der Waals surface area contributed by atoms with Crippen molar-refractivity contribution in [2.45, 2.75) is 6.92 Å². The van der Waals surface area contributed by atoms with Crippen LogP contribution in [-0.4, -0.2) is 4.98 Å². The first-order valence-corrected chi connectivity index (χ1v) is 6.11. The van der Waals surface area contributed by atoms with Crippen LogP contribution in [0, 0.1) is 6.92 Å². The van der Waals surface area contributed by atoms with Gasteiger partial charge in [-0.1, -0.05) is 6.07 Å². The number of anilines is 1. The van der Waals surface area contributed by atoms with Crippen molar-refractivity contribution in [1.82, 2.24) is 4.98 Å². The third-order valence-electron chi connectivity index (χ3n) is 3.05. The first kappa shape index (κ1) is 11.5. The summed E-state index contributed by atoms with van der Waals surface area (Å²) in [5, 5.41) is 1.10. The summed E-state index contributed by atoms with van der Waals surface area (Å²) < 4.78 is 5.83. The van der Waals surface area contributed by atoms with Crippen LogP contribution in [0.3, 0.4) is 0 Å². The molecular formula is C16H14N2O. The average molecular weight is 250 g/mol. The van der Waals surface area contributed by atoms with Crippen LogP contribution < -0.4 is 10.5 Å². The summed E-state index contributed by atoms with van der Waals surface area (Å²) in [6, 6.07) is 15.5. The predicted octanol–water partition coefficient (Wildman–Crippen LogP) is 3.92. The second-order valence-electron chi connectivity index (χ2n) is 4.48. The minimum Gasteiger partial charge on any atom is -0.457 e. The zero-order valence-electron chi connectivity index (χ0n) is 10.6. The molecule has 3 rings (SSSR count). The first-order valence-electron chi connectivity index (χ1n) is 6.11. The topological polar surface area (TPSA) is 48.1 Å². The van der Waals surface area contributed by atoms with Crippen LogP contribution in [0.15, 0.2) is 54.7 Å². The van der Waals surface area contributed by atoms with Crippen LogP contribution in [0.1, 0.15) is 5.56 Å². The van der Waals surface area contributed by atoms with Gasteiger partial charge in [-0.15, -0.1) is 0 Å². The van der Waals surface area contributed by atoms with Crippen molar-refractivity contribution in [3.05, 3.63) is 60.3 Å². The molecule has 2 aromatic carbocycles. The number of rotatable bonds is 2. The summed E-state index contributed by atoms with van der Waals surface area (Å²) >= 11 is 0. The standard InChI is InChI=1S/C16H14N2O/c1-11-9-13(6-7-15(11)17)19-14-5-4-12-3-2-8-18-16(12)10-14/h2-10H,17H2,1H3. The number of nitrogen functional groups attached to an aromatic ring is 1. The third kappa shape index (κ3) is 2.36. The van der Waals surface area contributed by atoms with Crippen molar-refractivity contribution >= 4 is 16.6 Å². The Labute approximate surface area is 111 Å². The Morgan fingerprint density at radius 1 is 1.00 bits per heavy atom. The highest BCUT2D eigenvalue weighted by Crippen LogP contribution is 2.26. The van der Waals surface area contributed by atoms with E-state index >= 15 is 0 Å². The van der Waals surface area contributed by atoms with Crippen LogP contribution >= 0.6 is 0 Å². The second kappa shape index (κ2) is 4.61. The molecule has 3 aromatic rings. The normalized spacial score (nSPS) is 10.6. The number of nitrogens with two attached hydrogens (primary N) is 1. The number of benzene rings is 2. The van der Waals surface area contributed by atoms with Crippen LogP contribution in [0.25, 0.3) is 10.9 Å². The molecule has 19 heavy (non-hydrogen) atoms. The molecule has 94 valence electrons. The summed E-state index contributed by atoms with van der Waals surface area (Å²) in [5.74, 6) is 1.55. The maximum absolute atomic E-state index is 5.83. The Morgan fingerprint density at radius 2 is 1.79 bits per heavy atom. The van der Waals surface area contributed by atoms with Crippen LogP contribution in [-0.2, 0) is 0 Å². The van der Waals surface area contributed by atoms with E-state index in [1.807, 2.05) is 55.5 Å². The lowest BCUT2D eigenvalue weighted by atomic mass is 10.2. The van der Waals surface area contributed by atoms with Gasteiger partial charge >= 0.3 is 0 Å². The van der Waals surface area contributed by atoms with Gasteiger partial charge in [-0.25, -0.2) is 0 Å². The number of nitrogens with zero attached hydrogens (tertiary/aromatic N) is 1. The van der Waals surface area contributed by atoms with Gasteiger partial charge in [-0.2, -0.15) is 0 Å². The summed E-state index contributed by atoms with van der Waals surface area (Å²) in [6.07, 6.45) is 1.78. The molecule has 3 nitrogen and oxygen atoms in total. The SMILES string of the molecule is Cc1cc(Oc2ccc3cccnc3c2)ccc1N. The van der Waals surface area contributed by atoms with Gasteiger partial charge in [-0.3, -0.25) is 4.98 Å². The number of hydrogen-bond acceptors (Lipinski definition) is 3. The van der Waals surface area contributed by atoms with Crippen LogP contribution in [0.5, 0.6) is 11.5 Å². The molecular weight excluding hydrogens is 236 g/mol. The molecule has 0 atom stereocenters. The van der Waals surface area contributed by atoms with Gasteiger partial charge in [0.05, 0.1) is 5.52 Å². The highest BCUT2D eigenvalue weighted by atomic mass is 16.5. The predicted molar refractivity (Wildman–Crippen MR) is 77.4 cm³/mol. The van der Waals surface area contributed by atoms with Gasteiger partial charge < -0.3 is 10.5 Å². The lowest BCUT2D eigenvalue weighted by molar-refractivity contribution is 0.483. The molecule has 0 amide bonds. The van der Waals surface area contributed by atoms with Gasteiger partial charge in [0.1, 0.15) is 11.5 Å². The maximum Gasteiger partial charge on any atom is 0.129 e. The van der Waals surface area contributed by atoms with Crippen molar-refractivity contribution in [3.63, 3.8) is 0 Å². The second-order valence-corrected chi connectivity index (χ2v) is 4.48. The minimum absolute atomic E-state index is 0.771. The Kier molecular flexibility index (Phi) is 2.80. The minimum atomic E-state index is 0.771. The number of aryl methyl sites for hydroxylation is 1. The van der Waals surface area contributed by atoms with Crippen molar-refractivity contribution in [2.75, 3.05) is 5.73 Å². The van der Waals surface area contributed by atoms with E-state index in [9.17, 15) is 0 Å². The molecule has 0 aliphatic rings. The highest BCUT2D eigenvalue weighted by molar-refractivity contribution is 5.79. The van der Waals surface area contributed by atoms with E-state index in [1.54, 1.807) is 6.20 Å². The van der Waals surface area contributed by atoms with Crippen molar-refractivity contribution < 1.29 is 4.74 Å². The molecule has 0 bridgehead atoms. The summed E-state index contributed by atoms with van der Waals surface area (Å²) in [7, 11) is 0. The van der Waals surface area contributed by atoms with Gasteiger partial charge in [0.15, 0.2) is 0 Å². The molecule has 0 aliphatic heterocycles. The molecule has 0 aliphatic carbocycles. The molecule has 0 unspecified atom stereocenters. The van der Waals surface area contributed by atoms with E-state index in [0.717, 1.165) is 33.7 Å². The third-order valence-corrected chi connectivity index (χ3v) is 3.05. The van der Waals surface area contributed by atoms with Gasteiger partial charge in [0.2, 0.25) is 0 Å². The molecule has 1 heterocycles. The average Bonchev–Trinajstić information content (AvgIpc) is 2.43. The summed E-state index contributed by atoms with van der Waals surface area (Å²) in [6.45, 7) is 1.96. The summed E-state index contributed by atoms with van der Waals surface area (Å²) in [5.41, 5.74) is 8.50. The smallest absolute Gasteiger partial charge is 0.129 e. The largest absolute Gasteiger partial charge is 0.457 e. The fraction of sp³-hybridized carbons (Fsp3) is 0.0625. The van der Waals surface area contributed by atoms with Crippen molar-refractivity contribution in [2.24, 2.45) is 0 Å². The van der Waals surface area contributed by atoms with E-state index in [1.165, 1.54) is 0 Å². The highest BCUT2D eigenvalue weighted by Gasteiger charge is 2.01. The van der Waals surface area contributed by atoms with Crippen LogP contribution in [0.4, 0.5) is 5.69 Å². The van der Waals surface area contributed by atoms with Crippen molar-refractivity contribution in [3.8, 4) is 11.5 Å². The number of aromatic nitrogens is 1. The molecule has 0 radical (unpaired) electrons. The van der Waals surface area contributed by atoms with E-state index in [-0.39, 0.29) is 0 Å². The first-order chi connectivity index (χ1) is 9.22. The molecule has 0 saturated carbocycles. The zero-order valence-corrected chi connectivity index (χ0v) is 10.6. The zero-order chi connectivity index (χ0) is 13.2. The number of fused-ring (bicyclic) bond motifs is 1. The molecule has 1 aromatic heterocycles. The van der Waals surface area contributed by atoms with E-state index in [0.29, 0.717) is 0 Å². The van der Waals surface area contributed by atoms with Gasteiger partial charge in [0, 0.05) is 23.3 Å². The number of hydrogen-bond donors (Lipinski definition) is 1. The lowest BCUT2D eigenvalue weighted by Crippen LogP contribution is -1.91.